The fourth-order valence-corrected chi connectivity index (χ4v) is 4.86. The highest BCUT2D eigenvalue weighted by Gasteiger charge is 2.33. The molecule has 1 amide bonds. The number of aromatic amines is 1. The van der Waals surface area contributed by atoms with Crippen molar-refractivity contribution in [2.75, 3.05) is 18.6 Å². The highest BCUT2D eigenvalue weighted by molar-refractivity contribution is 7.91. The third-order valence-corrected chi connectivity index (χ3v) is 6.25. The predicted octanol–water partition coefficient (Wildman–Crippen LogP) is 2.04. The second kappa shape index (κ2) is 5.12. The quantitative estimate of drug-likeness (QED) is 0.920. The number of nitrogens with one attached hydrogen (secondary N) is 1. The second-order valence-electron chi connectivity index (χ2n) is 6.15. The summed E-state index contributed by atoms with van der Waals surface area (Å²) in [5, 5.41) is 1.03. The van der Waals surface area contributed by atoms with Crippen LogP contribution in [0.2, 0.25) is 0 Å². The van der Waals surface area contributed by atoms with Crippen LogP contribution in [0.1, 0.15) is 28.0 Å². The molecule has 1 saturated heterocycles. The van der Waals surface area contributed by atoms with Crippen molar-refractivity contribution in [2.45, 2.75) is 26.3 Å². The maximum absolute atomic E-state index is 12.7. The van der Waals surface area contributed by atoms with Gasteiger partial charge in [0.1, 0.15) is 5.69 Å². The number of nitrogens with zero attached hydrogens (tertiary/aromatic N) is 1. The molecule has 1 aliphatic heterocycles. The summed E-state index contributed by atoms with van der Waals surface area (Å²) in [5.41, 5.74) is 3.52. The van der Waals surface area contributed by atoms with E-state index in [-0.39, 0.29) is 23.5 Å². The first-order valence-electron chi connectivity index (χ1n) is 7.35. The number of amides is 1. The molecule has 1 aromatic heterocycles. The zero-order chi connectivity index (χ0) is 16.1. The Balaban J connectivity index is 1.93. The number of benzene rings is 1. The average Bonchev–Trinajstić information content (AvgIpc) is 2.97. The van der Waals surface area contributed by atoms with Crippen molar-refractivity contribution in [3.8, 4) is 0 Å². The topological polar surface area (TPSA) is 70.2 Å². The van der Waals surface area contributed by atoms with Crippen molar-refractivity contribution >= 4 is 26.6 Å². The van der Waals surface area contributed by atoms with Gasteiger partial charge in [0.15, 0.2) is 9.84 Å². The first kappa shape index (κ1) is 15.1. The van der Waals surface area contributed by atoms with E-state index >= 15 is 0 Å². The molecule has 1 atom stereocenters. The minimum atomic E-state index is -3.00. The van der Waals surface area contributed by atoms with Gasteiger partial charge in [0.25, 0.3) is 5.91 Å². The molecule has 1 unspecified atom stereocenters. The number of fused-ring (bicyclic) bond motifs is 1. The number of carbonyl (C=O) groups is 1. The smallest absolute Gasteiger partial charge is 0.270 e. The molecule has 22 heavy (non-hydrogen) atoms. The van der Waals surface area contributed by atoms with E-state index in [9.17, 15) is 13.2 Å². The maximum Gasteiger partial charge on any atom is 0.270 e. The van der Waals surface area contributed by atoms with Crippen molar-refractivity contribution in [2.24, 2.45) is 0 Å². The van der Waals surface area contributed by atoms with Gasteiger partial charge in [-0.05, 0) is 37.5 Å². The number of rotatable bonds is 2. The zero-order valence-corrected chi connectivity index (χ0v) is 13.8. The Morgan fingerprint density at radius 3 is 2.68 bits per heavy atom. The number of hydrogen-bond acceptors (Lipinski definition) is 3. The summed E-state index contributed by atoms with van der Waals surface area (Å²) in [7, 11) is -1.32. The van der Waals surface area contributed by atoms with Crippen LogP contribution >= 0.6 is 0 Å². The summed E-state index contributed by atoms with van der Waals surface area (Å²) < 4.78 is 23.2. The van der Waals surface area contributed by atoms with Crippen molar-refractivity contribution in [3.05, 3.63) is 35.0 Å². The number of aryl methyl sites for hydroxylation is 2. The molecule has 5 nitrogen and oxygen atoms in total. The van der Waals surface area contributed by atoms with E-state index in [1.165, 1.54) is 0 Å². The molecule has 0 aliphatic carbocycles. The Morgan fingerprint density at radius 2 is 2.05 bits per heavy atom. The first-order chi connectivity index (χ1) is 10.3. The second-order valence-corrected chi connectivity index (χ2v) is 8.38. The van der Waals surface area contributed by atoms with Crippen molar-refractivity contribution < 1.29 is 13.2 Å². The first-order valence-corrected chi connectivity index (χ1v) is 9.17. The van der Waals surface area contributed by atoms with Gasteiger partial charge < -0.3 is 9.88 Å². The van der Waals surface area contributed by atoms with Gasteiger partial charge in [-0.3, -0.25) is 4.79 Å². The number of H-pyrrole nitrogens is 1. The molecule has 1 fully saturated rings. The monoisotopic (exact) mass is 320 g/mol. The molecule has 2 aromatic rings. The predicted molar refractivity (Wildman–Crippen MR) is 86.9 cm³/mol. The lowest BCUT2D eigenvalue weighted by Gasteiger charge is -2.23. The Labute approximate surface area is 130 Å². The molecule has 0 saturated carbocycles. The Kier molecular flexibility index (Phi) is 3.51. The Bertz CT molecular complexity index is 852. The molecular weight excluding hydrogens is 300 g/mol. The Morgan fingerprint density at radius 1 is 1.32 bits per heavy atom. The highest BCUT2D eigenvalue weighted by atomic mass is 32.2. The molecule has 0 spiro atoms. The fraction of sp³-hybridized carbons (Fsp3) is 0.438. The SMILES string of the molecule is Cc1ccc2c(C)c(C(=O)N(C)C3CCS(=O)(=O)C3)[nH]c2c1. The standard InChI is InChI=1S/C16H20N2O3S/c1-10-4-5-13-11(2)15(17-14(13)8-10)16(19)18(3)12-6-7-22(20,21)9-12/h4-5,8,12,17H,6-7,9H2,1-3H3. The third-order valence-electron chi connectivity index (χ3n) is 4.50. The zero-order valence-electron chi connectivity index (χ0n) is 13.0. The number of carbonyl (C=O) groups excluding carboxylic acids is 1. The van der Waals surface area contributed by atoms with Crippen LogP contribution in [-0.2, 0) is 9.84 Å². The summed E-state index contributed by atoms with van der Waals surface area (Å²) in [6, 6.07) is 5.81. The van der Waals surface area contributed by atoms with Gasteiger partial charge in [-0.15, -0.1) is 0 Å². The summed E-state index contributed by atoms with van der Waals surface area (Å²) in [4.78, 5) is 17.5. The summed E-state index contributed by atoms with van der Waals surface area (Å²) in [5.74, 6) is 0.0850. The van der Waals surface area contributed by atoms with Crippen molar-refractivity contribution in [3.63, 3.8) is 0 Å². The molecule has 118 valence electrons. The molecule has 6 heteroatoms. The molecule has 1 aromatic carbocycles. The van der Waals surface area contributed by atoms with Crippen LogP contribution in [0.25, 0.3) is 10.9 Å². The van der Waals surface area contributed by atoms with Gasteiger partial charge in [-0.2, -0.15) is 0 Å². The van der Waals surface area contributed by atoms with Crippen LogP contribution in [0.4, 0.5) is 0 Å². The summed E-state index contributed by atoms with van der Waals surface area (Å²) in [6.45, 7) is 3.92. The molecule has 0 bridgehead atoms. The summed E-state index contributed by atoms with van der Waals surface area (Å²) >= 11 is 0. The number of aromatic nitrogens is 1. The van der Waals surface area contributed by atoms with Gasteiger partial charge >= 0.3 is 0 Å². The van der Waals surface area contributed by atoms with E-state index in [0.29, 0.717) is 12.1 Å². The van der Waals surface area contributed by atoms with E-state index < -0.39 is 9.84 Å². The van der Waals surface area contributed by atoms with Gasteiger partial charge in [0.05, 0.1) is 11.5 Å². The minimum Gasteiger partial charge on any atom is -0.350 e. The van der Waals surface area contributed by atoms with Crippen molar-refractivity contribution in [1.29, 1.82) is 0 Å². The van der Waals surface area contributed by atoms with E-state index in [1.54, 1.807) is 11.9 Å². The van der Waals surface area contributed by atoms with Crippen LogP contribution in [-0.4, -0.2) is 48.8 Å². The molecule has 2 heterocycles. The normalized spacial score (nSPS) is 20.4. The van der Waals surface area contributed by atoms with Crippen LogP contribution in [0.15, 0.2) is 18.2 Å². The van der Waals surface area contributed by atoms with E-state index in [4.69, 9.17) is 0 Å². The Hall–Kier alpha value is -1.82. The van der Waals surface area contributed by atoms with Gasteiger partial charge in [-0.25, -0.2) is 8.42 Å². The molecule has 1 aliphatic rings. The molecule has 3 rings (SSSR count). The largest absolute Gasteiger partial charge is 0.350 e. The van der Waals surface area contributed by atoms with Crippen LogP contribution in [0, 0.1) is 13.8 Å². The summed E-state index contributed by atoms with van der Waals surface area (Å²) in [6.07, 6.45) is 0.517. The highest BCUT2D eigenvalue weighted by Crippen LogP contribution is 2.25. The van der Waals surface area contributed by atoms with Gasteiger partial charge in [0.2, 0.25) is 0 Å². The molecule has 1 N–H and O–H groups in total. The molecule has 0 radical (unpaired) electrons. The van der Waals surface area contributed by atoms with Gasteiger partial charge in [0, 0.05) is 24.0 Å². The van der Waals surface area contributed by atoms with Crippen molar-refractivity contribution in [1.82, 2.24) is 9.88 Å². The maximum atomic E-state index is 12.7. The lowest BCUT2D eigenvalue weighted by atomic mass is 10.1. The van der Waals surface area contributed by atoms with E-state index in [2.05, 4.69) is 4.98 Å². The molecular formula is C16H20N2O3S. The number of hydrogen-bond donors (Lipinski definition) is 1. The van der Waals surface area contributed by atoms with E-state index in [1.807, 2.05) is 32.0 Å². The van der Waals surface area contributed by atoms with Crippen LogP contribution < -0.4 is 0 Å². The lowest BCUT2D eigenvalue weighted by Crippen LogP contribution is -2.38. The van der Waals surface area contributed by atoms with Crippen LogP contribution in [0.5, 0.6) is 0 Å². The third kappa shape index (κ3) is 2.52. The minimum absolute atomic E-state index is 0.0631. The average molecular weight is 320 g/mol. The lowest BCUT2D eigenvalue weighted by molar-refractivity contribution is 0.0742. The van der Waals surface area contributed by atoms with E-state index in [0.717, 1.165) is 22.0 Å². The fourth-order valence-electron chi connectivity index (χ4n) is 3.09. The number of sulfone groups is 1. The van der Waals surface area contributed by atoms with Gasteiger partial charge in [-0.1, -0.05) is 12.1 Å². The van der Waals surface area contributed by atoms with Crippen LogP contribution in [0.3, 0.4) is 0 Å².